The molecule has 0 aliphatic heterocycles. The largest absolute Gasteiger partial charge is 0.457 e. The molecule has 0 N–H and O–H groups in total. The highest BCUT2D eigenvalue weighted by molar-refractivity contribution is 6.10. The van der Waals surface area contributed by atoms with Gasteiger partial charge < -0.3 is 9.47 Å². The van der Waals surface area contributed by atoms with Crippen LogP contribution >= 0.6 is 0 Å². The lowest BCUT2D eigenvalue weighted by atomic mass is 10.1. The Morgan fingerprint density at radius 1 is 0.509 bits per heavy atom. The Balaban J connectivity index is 1.10. The van der Waals surface area contributed by atoms with Crippen LogP contribution in [0.4, 0.5) is 0 Å². The van der Waals surface area contributed by atoms with Crippen molar-refractivity contribution in [2.24, 2.45) is 0 Å². The maximum absolute atomic E-state index is 9.40. The van der Waals surface area contributed by atoms with Gasteiger partial charge in [0.2, 0.25) is 0 Å². The van der Waals surface area contributed by atoms with E-state index >= 15 is 0 Å². The average molecular weight is 712 g/mol. The van der Waals surface area contributed by atoms with Crippen molar-refractivity contribution in [3.63, 3.8) is 0 Å². The molecule has 9 heteroatoms. The van der Waals surface area contributed by atoms with Gasteiger partial charge in [-0.25, -0.2) is 19.9 Å². The van der Waals surface area contributed by atoms with E-state index in [2.05, 4.69) is 71.5 Å². The molecule has 0 fully saturated rings. The van der Waals surface area contributed by atoms with Crippen molar-refractivity contribution in [1.29, 1.82) is 5.26 Å². The number of hydrogen-bond donors (Lipinski definition) is 0. The van der Waals surface area contributed by atoms with Crippen molar-refractivity contribution in [3.8, 4) is 52.1 Å². The summed E-state index contributed by atoms with van der Waals surface area (Å²) in [5, 5.41) is 13.8. The van der Waals surface area contributed by atoms with Crippen molar-refractivity contribution >= 4 is 43.6 Å². The number of pyridine rings is 2. The maximum atomic E-state index is 9.40. The van der Waals surface area contributed by atoms with E-state index in [1.807, 2.05) is 104 Å². The van der Waals surface area contributed by atoms with Gasteiger partial charge in [0, 0.05) is 69.6 Å². The topological polar surface area (TPSA) is 104 Å². The Kier molecular flexibility index (Phi) is 7.52. The number of aromatic nitrogens is 6. The summed E-state index contributed by atoms with van der Waals surface area (Å²) in [7, 11) is 0. The number of ether oxygens (including phenoxy) is 2. The van der Waals surface area contributed by atoms with Crippen LogP contribution in [-0.4, -0.2) is 29.1 Å². The highest BCUT2D eigenvalue weighted by Crippen LogP contribution is 2.41. The molecule has 5 aromatic carbocycles. The normalized spacial score (nSPS) is 11.3. The van der Waals surface area contributed by atoms with E-state index in [0.29, 0.717) is 39.9 Å². The molecule has 0 radical (unpaired) electrons. The van der Waals surface area contributed by atoms with Gasteiger partial charge in [-0.15, -0.1) is 0 Å². The summed E-state index contributed by atoms with van der Waals surface area (Å²) in [6.07, 6.45) is 6.62. The zero-order valence-electron chi connectivity index (χ0n) is 29.5. The van der Waals surface area contributed by atoms with Crippen LogP contribution in [0.25, 0.3) is 66.6 Å². The van der Waals surface area contributed by atoms with Crippen LogP contribution in [0, 0.1) is 18.3 Å². The molecule has 5 aromatic heterocycles. The minimum absolute atomic E-state index is 0.372. The molecule has 5 heterocycles. The molecule has 10 rings (SSSR count). The fourth-order valence-corrected chi connectivity index (χ4v) is 7.29. The van der Waals surface area contributed by atoms with Gasteiger partial charge in [0.15, 0.2) is 5.82 Å². The van der Waals surface area contributed by atoms with Crippen LogP contribution in [0.1, 0.15) is 11.1 Å². The third-order valence-electron chi connectivity index (χ3n) is 9.85. The van der Waals surface area contributed by atoms with Crippen LogP contribution in [0.3, 0.4) is 0 Å². The summed E-state index contributed by atoms with van der Waals surface area (Å²) >= 11 is 0. The third kappa shape index (κ3) is 5.48. The quantitative estimate of drug-likeness (QED) is 0.162. The zero-order valence-corrected chi connectivity index (χ0v) is 29.5. The fraction of sp³-hybridized carbons (Fsp3) is 0.0217. The van der Waals surface area contributed by atoms with Crippen molar-refractivity contribution in [2.75, 3.05) is 0 Å². The second-order valence-electron chi connectivity index (χ2n) is 13.1. The number of para-hydroxylation sites is 2. The monoisotopic (exact) mass is 711 g/mol. The Morgan fingerprint density at radius 3 is 1.45 bits per heavy atom. The Labute approximate surface area is 315 Å². The summed E-state index contributed by atoms with van der Waals surface area (Å²) in [5.41, 5.74) is 5.88. The van der Waals surface area contributed by atoms with E-state index in [9.17, 15) is 5.26 Å². The molecule has 260 valence electrons. The lowest BCUT2D eigenvalue weighted by molar-refractivity contribution is 0.454. The Bertz CT molecular complexity index is 2930. The van der Waals surface area contributed by atoms with E-state index in [4.69, 9.17) is 9.47 Å². The Hall–Kier alpha value is -7.83. The molecule has 10 aromatic rings. The predicted octanol–water partition coefficient (Wildman–Crippen LogP) is 10.9. The van der Waals surface area contributed by atoms with E-state index in [1.54, 1.807) is 12.4 Å². The first-order chi connectivity index (χ1) is 27.1. The van der Waals surface area contributed by atoms with E-state index in [-0.39, 0.29) is 0 Å². The molecule has 9 nitrogen and oxygen atoms in total. The van der Waals surface area contributed by atoms with Crippen LogP contribution < -0.4 is 9.47 Å². The average Bonchev–Trinajstić information content (AvgIpc) is 3.75. The Morgan fingerprint density at radius 2 is 0.982 bits per heavy atom. The van der Waals surface area contributed by atoms with E-state index < -0.39 is 0 Å². The van der Waals surface area contributed by atoms with Crippen molar-refractivity contribution in [2.45, 2.75) is 6.92 Å². The van der Waals surface area contributed by atoms with Gasteiger partial charge >= 0.3 is 0 Å². The molecular weight excluding hydrogens is 683 g/mol. The van der Waals surface area contributed by atoms with Gasteiger partial charge in [0.05, 0.1) is 27.6 Å². The van der Waals surface area contributed by atoms with E-state index in [1.165, 1.54) is 12.4 Å². The minimum Gasteiger partial charge on any atom is -0.457 e. The highest BCUT2D eigenvalue weighted by Gasteiger charge is 2.19. The lowest BCUT2D eigenvalue weighted by Crippen LogP contribution is -1.98. The molecule has 55 heavy (non-hydrogen) atoms. The highest BCUT2D eigenvalue weighted by atomic mass is 16.5. The number of rotatable bonds is 7. The molecule has 0 amide bonds. The maximum Gasteiger partial charge on any atom is 0.159 e. The van der Waals surface area contributed by atoms with Gasteiger partial charge in [-0.05, 0) is 79.7 Å². The predicted molar refractivity (Wildman–Crippen MR) is 214 cm³/mol. The van der Waals surface area contributed by atoms with Crippen LogP contribution in [-0.2, 0) is 0 Å². The van der Waals surface area contributed by atoms with Crippen molar-refractivity contribution in [3.05, 3.63) is 169 Å². The molecule has 0 saturated carbocycles. The van der Waals surface area contributed by atoms with E-state index in [0.717, 1.165) is 60.8 Å². The number of fused-ring (bicyclic) bond motifs is 6. The van der Waals surface area contributed by atoms with Crippen LogP contribution in [0.15, 0.2) is 158 Å². The molecule has 0 bridgehead atoms. The third-order valence-corrected chi connectivity index (χ3v) is 9.85. The molecule has 0 spiro atoms. The van der Waals surface area contributed by atoms with Crippen LogP contribution in [0.5, 0.6) is 23.0 Å². The summed E-state index contributed by atoms with van der Waals surface area (Å²) in [4.78, 5) is 18.4. The molecule has 0 atom stereocenters. The smallest absolute Gasteiger partial charge is 0.159 e. The first kappa shape index (κ1) is 31.9. The molecule has 0 unspecified atom stereocenters. The molecule has 0 aliphatic carbocycles. The first-order valence-electron chi connectivity index (χ1n) is 17.7. The number of benzene rings is 5. The SMILES string of the molecule is Cc1c(Oc2ccc3c4ccccc4n(-c4ccccn4)c3c2)cc(-c2ncc(C#N)cn2)cc1Oc1ccc2c3ccccc3n(-c3ccccn3)c2c1. The summed E-state index contributed by atoms with van der Waals surface area (Å²) in [5.74, 6) is 4.49. The van der Waals surface area contributed by atoms with Gasteiger partial charge in [-0.2, -0.15) is 5.26 Å². The molecule has 0 saturated heterocycles. The number of nitrogens with zero attached hydrogens (tertiary/aromatic N) is 7. The second-order valence-corrected chi connectivity index (χ2v) is 13.1. The van der Waals surface area contributed by atoms with Gasteiger partial charge in [0.1, 0.15) is 40.7 Å². The standard InChI is InChI=1S/C46H29N7O2/c1-29-42(54-32-16-18-36-34-10-2-4-12-38(34)52(40(36)24-32)44-14-6-8-20-48-44)22-31(46-50-27-30(26-47)28-51-46)23-43(29)55-33-17-19-37-35-11-3-5-13-39(35)53(41(37)25-33)45-15-7-9-21-49-45/h2-25,27-28H,1H3. The zero-order chi connectivity index (χ0) is 36.9. The second kappa shape index (κ2) is 13.0. The van der Waals surface area contributed by atoms with Gasteiger partial charge in [0.25, 0.3) is 0 Å². The fourth-order valence-electron chi connectivity index (χ4n) is 7.29. The minimum atomic E-state index is 0.372. The molecule has 0 aliphatic rings. The summed E-state index contributed by atoms with van der Waals surface area (Å²) in [6, 6.07) is 46.6. The van der Waals surface area contributed by atoms with Gasteiger partial charge in [-0.1, -0.05) is 48.5 Å². The van der Waals surface area contributed by atoms with Crippen molar-refractivity contribution < 1.29 is 9.47 Å². The summed E-state index contributed by atoms with van der Waals surface area (Å²) < 4.78 is 17.8. The lowest BCUT2D eigenvalue weighted by Gasteiger charge is -2.16. The van der Waals surface area contributed by atoms with Crippen LogP contribution in [0.2, 0.25) is 0 Å². The number of hydrogen-bond acceptors (Lipinski definition) is 7. The first-order valence-corrected chi connectivity index (χ1v) is 17.7. The van der Waals surface area contributed by atoms with Crippen molar-refractivity contribution in [1.82, 2.24) is 29.1 Å². The number of nitriles is 1. The van der Waals surface area contributed by atoms with Gasteiger partial charge in [-0.3, -0.25) is 9.13 Å². The summed E-state index contributed by atoms with van der Waals surface area (Å²) in [6.45, 7) is 1.97. The molecular formula is C46H29N7O2.